The van der Waals surface area contributed by atoms with Gasteiger partial charge < -0.3 is 20.6 Å². The largest absolute Gasteiger partial charge is 0.478 e. The summed E-state index contributed by atoms with van der Waals surface area (Å²) in [5.74, 6) is 0.824. The van der Waals surface area contributed by atoms with Crippen molar-refractivity contribution in [3.05, 3.63) is 83.0 Å². The van der Waals surface area contributed by atoms with Crippen LogP contribution in [0.3, 0.4) is 0 Å². The Morgan fingerprint density at radius 3 is 2.36 bits per heavy atom. The molecule has 0 aliphatic rings. The van der Waals surface area contributed by atoms with Gasteiger partial charge in [0.25, 0.3) is 0 Å². The Morgan fingerprint density at radius 1 is 1.11 bits per heavy atom. The summed E-state index contributed by atoms with van der Waals surface area (Å²) < 4.78 is 5.78. The lowest BCUT2D eigenvalue weighted by atomic mass is 10.0. The molecule has 0 spiro atoms. The molecule has 28 heavy (non-hydrogen) atoms. The summed E-state index contributed by atoms with van der Waals surface area (Å²) in [7, 11) is 0. The van der Waals surface area contributed by atoms with E-state index in [-0.39, 0.29) is 11.3 Å². The summed E-state index contributed by atoms with van der Waals surface area (Å²) >= 11 is 0. The summed E-state index contributed by atoms with van der Waals surface area (Å²) in [6.07, 6.45) is 0. The Bertz CT molecular complexity index is 1000. The van der Waals surface area contributed by atoms with E-state index in [1.165, 1.54) is 6.07 Å². The van der Waals surface area contributed by atoms with Gasteiger partial charge in [0, 0.05) is 18.0 Å². The van der Waals surface area contributed by atoms with Gasteiger partial charge in [-0.1, -0.05) is 30.3 Å². The van der Waals surface area contributed by atoms with Crippen molar-refractivity contribution in [2.24, 2.45) is 0 Å². The highest BCUT2D eigenvalue weighted by molar-refractivity contribution is 6.09. The number of aromatic nitrogens is 1. The maximum Gasteiger partial charge on any atom is 0.336 e. The fraction of sp³-hybridized carbons (Fsp3) is 0.136. The third kappa shape index (κ3) is 4.54. The van der Waals surface area contributed by atoms with Gasteiger partial charge in [0.1, 0.15) is 17.3 Å². The molecule has 0 bridgehead atoms. The van der Waals surface area contributed by atoms with Crippen LogP contribution in [0, 0.1) is 12.3 Å². The minimum Gasteiger partial charge on any atom is -0.478 e. The average Bonchev–Trinajstić information content (AvgIpc) is 2.67. The molecular formula is C22H21N3O3. The van der Waals surface area contributed by atoms with Crippen molar-refractivity contribution < 1.29 is 14.6 Å². The molecular weight excluding hydrogens is 354 g/mol. The zero-order valence-corrected chi connectivity index (χ0v) is 15.7. The lowest BCUT2D eigenvalue weighted by Crippen LogP contribution is -2.14. The molecule has 142 valence electrons. The van der Waals surface area contributed by atoms with Crippen LogP contribution in [0.25, 0.3) is 0 Å². The molecule has 3 N–H and O–H groups in total. The summed E-state index contributed by atoms with van der Waals surface area (Å²) in [6, 6.07) is 18.6. The van der Waals surface area contributed by atoms with E-state index in [2.05, 4.69) is 10.3 Å². The van der Waals surface area contributed by atoms with E-state index in [1.807, 2.05) is 54.6 Å². The number of carboxylic acid groups (broad SMARTS) is 1. The maximum atomic E-state index is 11.5. The van der Waals surface area contributed by atoms with Crippen molar-refractivity contribution in [1.82, 2.24) is 4.98 Å². The zero-order chi connectivity index (χ0) is 20.1. The Hall–Kier alpha value is -3.67. The van der Waals surface area contributed by atoms with E-state index in [4.69, 9.17) is 10.1 Å². The topological polar surface area (TPSA) is 95.3 Å². The number of hydrogen-bond donors (Lipinski definition) is 3. The molecule has 1 heterocycles. The van der Waals surface area contributed by atoms with E-state index < -0.39 is 5.97 Å². The first kappa shape index (κ1) is 19.1. The monoisotopic (exact) mass is 375 g/mol. The second-order valence-electron chi connectivity index (χ2n) is 6.38. The van der Waals surface area contributed by atoms with Gasteiger partial charge in [-0.15, -0.1) is 0 Å². The van der Waals surface area contributed by atoms with Crippen LogP contribution in [0.5, 0.6) is 11.5 Å². The van der Waals surface area contributed by atoms with Gasteiger partial charge in [0.05, 0.1) is 11.1 Å². The number of nitrogens with one attached hydrogen (secondary N) is 2. The first-order chi connectivity index (χ1) is 13.4. The predicted molar refractivity (Wildman–Crippen MR) is 109 cm³/mol. The van der Waals surface area contributed by atoms with E-state index >= 15 is 0 Å². The average molecular weight is 375 g/mol. The fourth-order valence-corrected chi connectivity index (χ4v) is 2.84. The highest BCUT2D eigenvalue weighted by atomic mass is 16.5. The van der Waals surface area contributed by atoms with Crippen LogP contribution in [-0.4, -0.2) is 21.8 Å². The standard InChI is InChI=1S/C22H21N3O3/c1-14-12-19(22(26)27)20(15(2)23)21(25-14)24-13-16-8-10-18(11-9-16)28-17-6-4-3-5-7-17/h3-12,23H,13H2,1-2H3,(H,24,25)(H,26,27). The van der Waals surface area contributed by atoms with Gasteiger partial charge in [-0.3, -0.25) is 0 Å². The third-order valence-electron chi connectivity index (χ3n) is 4.12. The van der Waals surface area contributed by atoms with Crippen molar-refractivity contribution >= 4 is 17.5 Å². The van der Waals surface area contributed by atoms with E-state index in [0.29, 0.717) is 23.6 Å². The van der Waals surface area contributed by atoms with Crippen LogP contribution in [0.15, 0.2) is 60.7 Å². The number of anilines is 1. The number of ether oxygens (including phenoxy) is 1. The number of pyridine rings is 1. The lowest BCUT2D eigenvalue weighted by molar-refractivity contribution is 0.0696. The van der Waals surface area contributed by atoms with Crippen LogP contribution < -0.4 is 10.1 Å². The molecule has 0 aliphatic carbocycles. The maximum absolute atomic E-state index is 11.5. The number of rotatable bonds is 7. The number of hydrogen-bond acceptors (Lipinski definition) is 5. The van der Waals surface area contributed by atoms with Crippen molar-refractivity contribution in [2.75, 3.05) is 5.32 Å². The molecule has 6 nitrogen and oxygen atoms in total. The second-order valence-corrected chi connectivity index (χ2v) is 6.38. The summed E-state index contributed by atoms with van der Waals surface area (Å²) in [5, 5.41) is 20.5. The Kier molecular flexibility index (Phi) is 5.69. The molecule has 1 aromatic heterocycles. The number of nitrogens with zero attached hydrogens (tertiary/aromatic N) is 1. The molecule has 3 rings (SSSR count). The van der Waals surface area contributed by atoms with E-state index in [1.54, 1.807) is 13.8 Å². The summed E-state index contributed by atoms with van der Waals surface area (Å²) in [6.45, 7) is 3.73. The molecule has 0 unspecified atom stereocenters. The van der Waals surface area contributed by atoms with Crippen LogP contribution in [0.1, 0.15) is 34.1 Å². The van der Waals surface area contributed by atoms with Crippen molar-refractivity contribution in [1.29, 1.82) is 5.41 Å². The van der Waals surface area contributed by atoms with Gasteiger partial charge in [-0.05, 0) is 49.7 Å². The van der Waals surface area contributed by atoms with Crippen LogP contribution in [0.4, 0.5) is 5.82 Å². The van der Waals surface area contributed by atoms with Crippen molar-refractivity contribution in [3.8, 4) is 11.5 Å². The molecule has 0 saturated heterocycles. The summed E-state index contributed by atoms with van der Waals surface area (Å²) in [5.41, 5.74) is 2.10. The third-order valence-corrected chi connectivity index (χ3v) is 4.12. The number of benzene rings is 2. The molecule has 0 saturated carbocycles. The number of carboxylic acids is 1. The van der Waals surface area contributed by atoms with Crippen LogP contribution in [-0.2, 0) is 6.54 Å². The second kappa shape index (κ2) is 8.35. The lowest BCUT2D eigenvalue weighted by Gasteiger charge is -2.14. The predicted octanol–water partition coefficient (Wildman–Crippen LogP) is 4.88. The molecule has 6 heteroatoms. The Morgan fingerprint density at radius 2 is 1.75 bits per heavy atom. The van der Waals surface area contributed by atoms with Crippen LogP contribution in [0.2, 0.25) is 0 Å². The molecule has 2 aromatic carbocycles. The molecule has 3 aromatic rings. The van der Waals surface area contributed by atoms with E-state index in [9.17, 15) is 9.90 Å². The summed E-state index contributed by atoms with van der Waals surface area (Å²) in [4.78, 5) is 15.9. The van der Waals surface area contributed by atoms with Gasteiger partial charge in [0.15, 0.2) is 0 Å². The number of carbonyl (C=O) groups is 1. The smallest absolute Gasteiger partial charge is 0.336 e. The SMILES string of the molecule is CC(=N)c1c(C(=O)O)cc(C)nc1NCc1ccc(Oc2ccccc2)cc1. The normalized spacial score (nSPS) is 10.4. The van der Waals surface area contributed by atoms with Crippen molar-refractivity contribution in [2.45, 2.75) is 20.4 Å². The molecule has 0 aliphatic heterocycles. The number of aromatic carboxylic acids is 1. The Labute approximate surface area is 163 Å². The van der Waals surface area contributed by atoms with Crippen LogP contribution >= 0.6 is 0 Å². The van der Waals surface area contributed by atoms with Crippen molar-refractivity contribution in [3.63, 3.8) is 0 Å². The first-order valence-electron chi connectivity index (χ1n) is 8.80. The van der Waals surface area contributed by atoms with Gasteiger partial charge >= 0.3 is 5.97 Å². The zero-order valence-electron chi connectivity index (χ0n) is 15.7. The Balaban J connectivity index is 1.75. The van der Waals surface area contributed by atoms with Gasteiger partial charge in [-0.25, -0.2) is 9.78 Å². The quantitative estimate of drug-likeness (QED) is 0.512. The minimum atomic E-state index is -1.07. The molecule has 0 radical (unpaired) electrons. The highest BCUT2D eigenvalue weighted by Crippen LogP contribution is 2.23. The highest BCUT2D eigenvalue weighted by Gasteiger charge is 2.18. The number of para-hydroxylation sites is 1. The molecule has 0 amide bonds. The molecule has 0 atom stereocenters. The fourth-order valence-electron chi connectivity index (χ4n) is 2.84. The molecule has 0 fully saturated rings. The number of aryl methyl sites for hydroxylation is 1. The van der Waals surface area contributed by atoms with Gasteiger partial charge in [-0.2, -0.15) is 0 Å². The van der Waals surface area contributed by atoms with Gasteiger partial charge in [0.2, 0.25) is 0 Å². The minimum absolute atomic E-state index is 0.0779. The first-order valence-corrected chi connectivity index (χ1v) is 8.80. The van der Waals surface area contributed by atoms with E-state index in [0.717, 1.165) is 17.1 Å².